The lowest BCUT2D eigenvalue weighted by atomic mass is 10.1. The van der Waals surface area contributed by atoms with Gasteiger partial charge in [0.1, 0.15) is 0 Å². The minimum absolute atomic E-state index is 0. The van der Waals surface area contributed by atoms with E-state index in [9.17, 15) is 4.79 Å². The zero-order chi connectivity index (χ0) is 17.3. The van der Waals surface area contributed by atoms with E-state index in [0.717, 1.165) is 16.6 Å². The van der Waals surface area contributed by atoms with Gasteiger partial charge in [-0.3, -0.25) is 9.78 Å². The average molecular weight is 397 g/mol. The molecule has 0 radical (unpaired) electrons. The minimum Gasteiger partial charge on any atom is -0.349 e. The first-order valence-corrected chi connectivity index (χ1v) is 7.70. The van der Waals surface area contributed by atoms with Crippen LogP contribution in [0.25, 0.3) is 16.6 Å². The Kier molecular flexibility index (Phi) is 7.08. The van der Waals surface area contributed by atoms with Gasteiger partial charge >= 0.3 is 0 Å². The number of rotatable bonds is 4. The Bertz CT molecular complexity index is 898. The highest BCUT2D eigenvalue weighted by Gasteiger charge is 2.20. The van der Waals surface area contributed by atoms with Crippen molar-refractivity contribution < 1.29 is 4.79 Å². The Balaban J connectivity index is 0.00000169. The summed E-state index contributed by atoms with van der Waals surface area (Å²) in [5.41, 5.74) is 8.07. The average Bonchev–Trinajstić information content (AvgIpc) is 2.93. The van der Waals surface area contributed by atoms with Gasteiger partial charge in [-0.2, -0.15) is 0 Å². The number of pyridine rings is 1. The number of hydrogen-bond donors (Lipinski definition) is 2. The summed E-state index contributed by atoms with van der Waals surface area (Å²) in [4.78, 5) is 16.7. The van der Waals surface area contributed by atoms with Crippen molar-refractivity contribution in [3.8, 4) is 5.69 Å². The van der Waals surface area contributed by atoms with Crippen molar-refractivity contribution in [2.75, 3.05) is 6.54 Å². The number of fused-ring (bicyclic) bond motifs is 1. The molecule has 0 aliphatic carbocycles. The van der Waals surface area contributed by atoms with E-state index in [1.807, 2.05) is 51.1 Å². The smallest absolute Gasteiger partial charge is 0.273 e. The molecule has 26 heavy (non-hydrogen) atoms. The summed E-state index contributed by atoms with van der Waals surface area (Å²) in [6.07, 6.45) is 1.74. The van der Waals surface area contributed by atoms with Crippen molar-refractivity contribution >= 4 is 41.6 Å². The van der Waals surface area contributed by atoms with Gasteiger partial charge in [0.2, 0.25) is 0 Å². The highest BCUT2D eigenvalue weighted by atomic mass is 35.5. The quantitative estimate of drug-likeness (QED) is 0.705. The van der Waals surface area contributed by atoms with Crippen LogP contribution in [0.15, 0.2) is 36.5 Å². The summed E-state index contributed by atoms with van der Waals surface area (Å²) < 4.78 is 1.66. The Morgan fingerprint density at radius 2 is 1.96 bits per heavy atom. The van der Waals surface area contributed by atoms with Gasteiger partial charge in [0, 0.05) is 23.7 Å². The fourth-order valence-electron chi connectivity index (χ4n) is 2.43. The molecule has 9 heteroatoms. The maximum absolute atomic E-state index is 12.3. The second-order valence-corrected chi connectivity index (χ2v) is 6.45. The van der Waals surface area contributed by atoms with E-state index in [2.05, 4.69) is 20.6 Å². The van der Waals surface area contributed by atoms with E-state index in [4.69, 9.17) is 5.73 Å². The van der Waals surface area contributed by atoms with Crippen LogP contribution >= 0.6 is 24.8 Å². The van der Waals surface area contributed by atoms with Crippen LogP contribution < -0.4 is 11.1 Å². The molecule has 0 unspecified atom stereocenters. The predicted molar refractivity (Wildman–Crippen MR) is 106 cm³/mol. The molecule has 7 nitrogen and oxygen atoms in total. The molecule has 2 heterocycles. The molecule has 3 aromatic rings. The van der Waals surface area contributed by atoms with Gasteiger partial charge in [-0.15, -0.1) is 29.9 Å². The highest BCUT2D eigenvalue weighted by molar-refractivity contribution is 5.94. The monoisotopic (exact) mass is 396 g/mol. The van der Waals surface area contributed by atoms with Gasteiger partial charge < -0.3 is 11.1 Å². The molecule has 0 saturated heterocycles. The van der Waals surface area contributed by atoms with Crippen molar-refractivity contribution in [1.82, 2.24) is 25.3 Å². The van der Waals surface area contributed by atoms with Crippen LogP contribution in [0.5, 0.6) is 0 Å². The number of aromatic nitrogens is 4. The second kappa shape index (κ2) is 8.44. The number of nitrogens with one attached hydrogen (secondary N) is 1. The van der Waals surface area contributed by atoms with Gasteiger partial charge in [0.25, 0.3) is 5.91 Å². The van der Waals surface area contributed by atoms with Gasteiger partial charge in [-0.05, 0) is 45.0 Å². The lowest BCUT2D eigenvalue weighted by molar-refractivity contribution is 0.0940. The van der Waals surface area contributed by atoms with Crippen LogP contribution in [0.2, 0.25) is 0 Å². The van der Waals surface area contributed by atoms with E-state index in [0.29, 0.717) is 17.9 Å². The standard InChI is InChI=1S/C17H20N6O.2ClH/c1-11-15(16(24)20-10-17(2,3)18)21-22-23(11)14-8-4-7-13-12(14)6-5-9-19-13;;/h4-9H,10,18H2,1-3H3,(H,20,24);2*1H. The van der Waals surface area contributed by atoms with E-state index in [1.165, 1.54) is 0 Å². The number of halogens is 2. The van der Waals surface area contributed by atoms with Crippen molar-refractivity contribution in [3.05, 3.63) is 47.9 Å². The van der Waals surface area contributed by atoms with E-state index in [1.54, 1.807) is 10.9 Å². The van der Waals surface area contributed by atoms with Crippen LogP contribution in [0, 0.1) is 6.92 Å². The fraction of sp³-hybridized carbons (Fsp3) is 0.294. The van der Waals surface area contributed by atoms with Gasteiger partial charge in [0.05, 0.1) is 16.9 Å². The Morgan fingerprint density at radius 3 is 2.65 bits per heavy atom. The molecule has 0 fully saturated rings. The summed E-state index contributed by atoms with van der Waals surface area (Å²) in [7, 11) is 0. The zero-order valence-corrected chi connectivity index (χ0v) is 16.4. The number of benzene rings is 1. The summed E-state index contributed by atoms with van der Waals surface area (Å²) in [6, 6.07) is 9.60. The van der Waals surface area contributed by atoms with E-state index in [-0.39, 0.29) is 30.7 Å². The molecule has 3 rings (SSSR count). The molecule has 140 valence electrons. The summed E-state index contributed by atoms with van der Waals surface area (Å²) in [5, 5.41) is 11.9. The molecule has 0 atom stereocenters. The second-order valence-electron chi connectivity index (χ2n) is 6.45. The Morgan fingerprint density at radius 1 is 1.23 bits per heavy atom. The van der Waals surface area contributed by atoms with E-state index >= 15 is 0 Å². The summed E-state index contributed by atoms with van der Waals surface area (Å²) >= 11 is 0. The highest BCUT2D eigenvalue weighted by Crippen LogP contribution is 2.21. The summed E-state index contributed by atoms with van der Waals surface area (Å²) in [6.45, 7) is 5.87. The number of amides is 1. The molecular formula is C17H22Cl2N6O. The number of nitrogens with two attached hydrogens (primary N) is 1. The third kappa shape index (κ3) is 4.49. The first kappa shape index (κ1) is 21.8. The first-order chi connectivity index (χ1) is 11.4. The van der Waals surface area contributed by atoms with Crippen LogP contribution in [0.4, 0.5) is 0 Å². The van der Waals surface area contributed by atoms with Crippen molar-refractivity contribution in [3.63, 3.8) is 0 Å². The van der Waals surface area contributed by atoms with Crippen LogP contribution in [-0.4, -0.2) is 38.0 Å². The molecule has 0 bridgehead atoms. The van der Waals surface area contributed by atoms with E-state index < -0.39 is 5.54 Å². The molecule has 2 aromatic heterocycles. The topological polar surface area (TPSA) is 98.7 Å². The van der Waals surface area contributed by atoms with Crippen molar-refractivity contribution in [2.24, 2.45) is 5.73 Å². The third-order valence-electron chi connectivity index (χ3n) is 3.67. The predicted octanol–water partition coefficient (Wildman–Crippen LogP) is 2.43. The molecule has 3 N–H and O–H groups in total. The molecule has 1 aromatic carbocycles. The lowest BCUT2D eigenvalue weighted by Gasteiger charge is -2.18. The van der Waals surface area contributed by atoms with Gasteiger partial charge in [0.15, 0.2) is 5.69 Å². The Labute approximate surface area is 164 Å². The molecule has 0 aliphatic rings. The SMILES string of the molecule is Cc1c(C(=O)NCC(C)(C)N)nnn1-c1cccc2ncccc12.Cl.Cl. The maximum atomic E-state index is 12.3. The number of nitrogens with zero attached hydrogens (tertiary/aromatic N) is 4. The number of carbonyl (C=O) groups is 1. The first-order valence-electron chi connectivity index (χ1n) is 7.70. The molecule has 0 spiro atoms. The van der Waals surface area contributed by atoms with Crippen LogP contribution in [0.3, 0.4) is 0 Å². The number of hydrogen-bond acceptors (Lipinski definition) is 5. The minimum atomic E-state index is -0.485. The maximum Gasteiger partial charge on any atom is 0.273 e. The van der Waals surface area contributed by atoms with Crippen LogP contribution in [-0.2, 0) is 0 Å². The summed E-state index contributed by atoms with van der Waals surface area (Å²) in [5.74, 6) is -0.282. The number of carbonyl (C=O) groups excluding carboxylic acids is 1. The van der Waals surface area contributed by atoms with Crippen molar-refractivity contribution in [1.29, 1.82) is 0 Å². The molecule has 0 saturated carbocycles. The largest absolute Gasteiger partial charge is 0.349 e. The fourth-order valence-corrected chi connectivity index (χ4v) is 2.43. The normalized spacial score (nSPS) is 10.8. The van der Waals surface area contributed by atoms with Gasteiger partial charge in [-0.25, -0.2) is 4.68 Å². The zero-order valence-electron chi connectivity index (χ0n) is 14.8. The third-order valence-corrected chi connectivity index (χ3v) is 3.67. The lowest BCUT2D eigenvalue weighted by Crippen LogP contribution is -2.45. The van der Waals surface area contributed by atoms with Crippen molar-refractivity contribution in [2.45, 2.75) is 26.3 Å². The molecular weight excluding hydrogens is 375 g/mol. The van der Waals surface area contributed by atoms with Gasteiger partial charge in [-0.1, -0.05) is 11.3 Å². The molecule has 0 aliphatic heterocycles. The molecule has 1 amide bonds. The van der Waals surface area contributed by atoms with Crippen LogP contribution in [0.1, 0.15) is 30.0 Å². The Hall–Kier alpha value is -2.22.